The SMILES string of the molecule is Cc1cc([N+](=O)[O-])c(C)cc1NCc1cc(Br)ccc1F. The number of nitro groups is 1. The van der Waals surface area contributed by atoms with Crippen LogP contribution in [0.15, 0.2) is 34.8 Å². The quantitative estimate of drug-likeness (QED) is 0.639. The lowest BCUT2D eigenvalue weighted by atomic mass is 10.1. The molecule has 2 aromatic carbocycles. The van der Waals surface area contributed by atoms with Crippen molar-refractivity contribution in [3.05, 3.63) is 67.4 Å². The Morgan fingerprint density at radius 2 is 1.95 bits per heavy atom. The highest BCUT2D eigenvalue weighted by Crippen LogP contribution is 2.26. The molecule has 21 heavy (non-hydrogen) atoms. The zero-order valence-corrected chi connectivity index (χ0v) is 13.2. The normalized spacial score (nSPS) is 10.5. The van der Waals surface area contributed by atoms with Gasteiger partial charge >= 0.3 is 0 Å². The molecule has 0 radical (unpaired) electrons. The van der Waals surface area contributed by atoms with Gasteiger partial charge in [0.05, 0.1) is 4.92 Å². The molecule has 0 unspecified atom stereocenters. The van der Waals surface area contributed by atoms with E-state index in [-0.39, 0.29) is 11.5 Å². The highest BCUT2D eigenvalue weighted by molar-refractivity contribution is 9.10. The van der Waals surface area contributed by atoms with Gasteiger partial charge in [0.2, 0.25) is 0 Å². The van der Waals surface area contributed by atoms with Crippen LogP contribution in [0.1, 0.15) is 16.7 Å². The first-order chi connectivity index (χ1) is 9.88. The van der Waals surface area contributed by atoms with Gasteiger partial charge in [-0.15, -0.1) is 0 Å². The molecule has 0 heterocycles. The summed E-state index contributed by atoms with van der Waals surface area (Å²) in [6.45, 7) is 3.78. The second-order valence-electron chi connectivity index (χ2n) is 4.80. The monoisotopic (exact) mass is 352 g/mol. The summed E-state index contributed by atoms with van der Waals surface area (Å²) in [6.07, 6.45) is 0. The van der Waals surface area contributed by atoms with Crippen LogP contribution in [-0.2, 0) is 6.54 Å². The van der Waals surface area contributed by atoms with Crippen molar-refractivity contribution in [1.82, 2.24) is 0 Å². The highest BCUT2D eigenvalue weighted by Gasteiger charge is 2.13. The number of benzene rings is 2. The predicted octanol–water partition coefficient (Wildman–Crippen LogP) is 4.73. The van der Waals surface area contributed by atoms with Crippen LogP contribution in [0.5, 0.6) is 0 Å². The number of hydrogen-bond acceptors (Lipinski definition) is 3. The maximum atomic E-state index is 13.7. The Kier molecular flexibility index (Phi) is 4.57. The summed E-state index contributed by atoms with van der Waals surface area (Å²) in [4.78, 5) is 10.5. The first-order valence-corrected chi connectivity index (χ1v) is 7.11. The lowest BCUT2D eigenvalue weighted by Crippen LogP contribution is -2.04. The number of rotatable bonds is 4. The highest BCUT2D eigenvalue weighted by atomic mass is 79.9. The average Bonchev–Trinajstić information content (AvgIpc) is 2.42. The maximum absolute atomic E-state index is 13.7. The minimum atomic E-state index is -0.403. The number of hydrogen-bond donors (Lipinski definition) is 1. The molecule has 0 atom stereocenters. The largest absolute Gasteiger partial charge is 0.381 e. The van der Waals surface area contributed by atoms with E-state index in [2.05, 4.69) is 21.2 Å². The Balaban J connectivity index is 2.22. The average molecular weight is 353 g/mol. The molecule has 0 fully saturated rings. The van der Waals surface area contributed by atoms with Crippen molar-refractivity contribution in [3.8, 4) is 0 Å². The van der Waals surface area contributed by atoms with Gasteiger partial charge in [0.15, 0.2) is 0 Å². The molecule has 0 saturated carbocycles. The minimum absolute atomic E-state index is 0.0895. The lowest BCUT2D eigenvalue weighted by molar-refractivity contribution is -0.385. The molecule has 110 valence electrons. The smallest absolute Gasteiger partial charge is 0.272 e. The summed E-state index contributed by atoms with van der Waals surface area (Å²) in [6, 6.07) is 7.98. The number of nitrogens with zero attached hydrogens (tertiary/aromatic N) is 1. The molecule has 1 N–H and O–H groups in total. The van der Waals surface area contributed by atoms with Crippen LogP contribution in [0.2, 0.25) is 0 Å². The first kappa shape index (κ1) is 15.4. The molecule has 6 heteroatoms. The van der Waals surface area contributed by atoms with E-state index < -0.39 is 4.92 Å². The standard InChI is InChI=1S/C15H14BrFN2O2/c1-9-6-15(19(20)21)10(2)5-14(9)18-8-11-7-12(16)3-4-13(11)17/h3-7,18H,8H2,1-2H3. The third kappa shape index (κ3) is 3.58. The number of anilines is 1. The molecule has 2 aromatic rings. The molecule has 0 spiro atoms. The van der Waals surface area contributed by atoms with Crippen molar-refractivity contribution in [2.75, 3.05) is 5.32 Å². The second kappa shape index (κ2) is 6.22. The Morgan fingerprint density at radius 1 is 1.24 bits per heavy atom. The van der Waals surface area contributed by atoms with Crippen molar-refractivity contribution >= 4 is 27.3 Å². The molecular formula is C15H14BrFN2O2. The van der Waals surface area contributed by atoms with Gasteiger partial charge < -0.3 is 5.32 Å². The third-order valence-electron chi connectivity index (χ3n) is 3.22. The Hall–Kier alpha value is -1.95. The van der Waals surface area contributed by atoms with Crippen molar-refractivity contribution in [2.24, 2.45) is 0 Å². The summed E-state index contributed by atoms with van der Waals surface area (Å²) in [5, 5.41) is 14.0. The topological polar surface area (TPSA) is 55.2 Å². The Labute approximate surface area is 130 Å². The van der Waals surface area contributed by atoms with E-state index in [9.17, 15) is 14.5 Å². The summed E-state index contributed by atoms with van der Waals surface area (Å²) in [5.74, 6) is -0.290. The molecule has 0 aliphatic heterocycles. The third-order valence-corrected chi connectivity index (χ3v) is 3.71. The fourth-order valence-corrected chi connectivity index (χ4v) is 2.47. The van der Waals surface area contributed by atoms with Crippen molar-refractivity contribution < 1.29 is 9.31 Å². The van der Waals surface area contributed by atoms with Crippen LogP contribution in [-0.4, -0.2) is 4.92 Å². The zero-order chi connectivity index (χ0) is 15.6. The first-order valence-electron chi connectivity index (χ1n) is 6.32. The van der Waals surface area contributed by atoms with Crippen LogP contribution in [0.3, 0.4) is 0 Å². The van der Waals surface area contributed by atoms with E-state index in [1.807, 2.05) is 0 Å². The summed E-state index contributed by atoms with van der Waals surface area (Å²) >= 11 is 3.30. The van der Waals surface area contributed by atoms with Gasteiger partial charge in [-0.3, -0.25) is 10.1 Å². The van der Waals surface area contributed by atoms with Crippen molar-refractivity contribution in [1.29, 1.82) is 0 Å². The van der Waals surface area contributed by atoms with Crippen LogP contribution in [0.4, 0.5) is 15.8 Å². The van der Waals surface area contributed by atoms with Crippen LogP contribution in [0, 0.1) is 29.8 Å². The summed E-state index contributed by atoms with van der Waals surface area (Å²) in [5.41, 5.74) is 2.70. The van der Waals surface area contributed by atoms with Gasteiger partial charge in [-0.25, -0.2) is 4.39 Å². The molecule has 0 amide bonds. The van der Waals surface area contributed by atoms with Gasteiger partial charge in [0, 0.05) is 33.9 Å². The van der Waals surface area contributed by atoms with E-state index in [1.165, 1.54) is 12.1 Å². The minimum Gasteiger partial charge on any atom is -0.381 e. The number of nitro benzene ring substituents is 1. The van der Waals surface area contributed by atoms with E-state index in [1.54, 1.807) is 32.0 Å². The second-order valence-corrected chi connectivity index (χ2v) is 5.72. The van der Waals surface area contributed by atoms with E-state index in [0.717, 1.165) is 15.7 Å². The van der Waals surface area contributed by atoms with Crippen LogP contribution >= 0.6 is 15.9 Å². The van der Waals surface area contributed by atoms with E-state index in [0.29, 0.717) is 17.7 Å². The lowest BCUT2D eigenvalue weighted by Gasteiger charge is -2.12. The van der Waals surface area contributed by atoms with Gasteiger partial charge in [-0.05, 0) is 43.7 Å². The molecule has 0 aliphatic carbocycles. The van der Waals surface area contributed by atoms with Gasteiger partial charge in [0.1, 0.15) is 5.82 Å². The van der Waals surface area contributed by atoms with Gasteiger partial charge in [0.25, 0.3) is 5.69 Å². The van der Waals surface area contributed by atoms with E-state index in [4.69, 9.17) is 0 Å². The number of halogens is 2. The van der Waals surface area contributed by atoms with Crippen molar-refractivity contribution in [3.63, 3.8) is 0 Å². The summed E-state index contributed by atoms with van der Waals surface area (Å²) < 4.78 is 14.5. The Morgan fingerprint density at radius 3 is 2.62 bits per heavy atom. The molecule has 0 aliphatic rings. The zero-order valence-electron chi connectivity index (χ0n) is 11.6. The molecule has 0 aromatic heterocycles. The molecular weight excluding hydrogens is 339 g/mol. The number of nitrogens with one attached hydrogen (secondary N) is 1. The molecule has 4 nitrogen and oxygen atoms in total. The van der Waals surface area contributed by atoms with Gasteiger partial charge in [-0.1, -0.05) is 15.9 Å². The molecule has 0 bridgehead atoms. The number of aryl methyl sites for hydroxylation is 2. The van der Waals surface area contributed by atoms with Crippen LogP contribution < -0.4 is 5.32 Å². The fourth-order valence-electron chi connectivity index (χ4n) is 2.06. The van der Waals surface area contributed by atoms with Gasteiger partial charge in [-0.2, -0.15) is 0 Å². The van der Waals surface area contributed by atoms with Crippen molar-refractivity contribution in [2.45, 2.75) is 20.4 Å². The Bertz CT molecular complexity index is 704. The molecule has 0 saturated heterocycles. The van der Waals surface area contributed by atoms with E-state index >= 15 is 0 Å². The molecule has 2 rings (SSSR count). The van der Waals surface area contributed by atoms with Crippen LogP contribution in [0.25, 0.3) is 0 Å². The predicted molar refractivity (Wildman–Crippen MR) is 84.0 cm³/mol. The fraction of sp³-hybridized carbons (Fsp3) is 0.200. The maximum Gasteiger partial charge on any atom is 0.272 e. The summed E-state index contributed by atoms with van der Waals surface area (Å²) in [7, 11) is 0.